The van der Waals surface area contributed by atoms with Crippen molar-refractivity contribution in [3.63, 3.8) is 0 Å². The average molecular weight is 687 g/mol. The molecule has 3 aliphatic rings. The lowest BCUT2D eigenvalue weighted by Crippen LogP contribution is -2.36. The highest BCUT2D eigenvalue weighted by Crippen LogP contribution is 2.39. The van der Waals surface area contributed by atoms with E-state index in [2.05, 4.69) is 14.5 Å². The number of hydrogen-bond acceptors (Lipinski definition) is 9. The van der Waals surface area contributed by atoms with Gasteiger partial charge >= 0.3 is 12.6 Å². The Morgan fingerprint density at radius 2 is 1.84 bits per heavy atom. The summed E-state index contributed by atoms with van der Waals surface area (Å²) in [7, 11) is -3.65. The number of rotatable bonds is 13. The maximum atomic E-state index is 13.3. The Morgan fingerprint density at radius 1 is 1.11 bits per heavy atom. The molecule has 1 fully saturated rings. The largest absolute Gasteiger partial charge is 0.489 e. The summed E-state index contributed by atoms with van der Waals surface area (Å²) in [4.78, 5) is 44.1. The maximum Gasteiger partial charge on any atom is 0.387 e. The molecule has 0 saturated heterocycles. The molecule has 0 aromatic heterocycles. The van der Waals surface area contributed by atoms with Crippen molar-refractivity contribution in [1.82, 2.24) is 4.90 Å². The van der Waals surface area contributed by atoms with E-state index in [0.29, 0.717) is 22.0 Å². The van der Waals surface area contributed by atoms with Gasteiger partial charge in [-0.3, -0.25) is 29.0 Å². The molecule has 45 heavy (non-hydrogen) atoms. The first-order valence-electron chi connectivity index (χ1n) is 13.7. The first-order valence-corrected chi connectivity index (χ1v) is 16.4. The molecule has 0 radical (unpaired) electrons. The molecule has 2 atom stereocenters. The average Bonchev–Trinajstić information content (AvgIpc) is 3.76. The van der Waals surface area contributed by atoms with Crippen molar-refractivity contribution in [2.24, 2.45) is 10.9 Å². The van der Waals surface area contributed by atoms with Gasteiger partial charge in [-0.15, -0.1) is 11.6 Å². The zero-order chi connectivity index (χ0) is 32.5. The smallest absolute Gasteiger partial charge is 0.387 e. The van der Waals surface area contributed by atoms with E-state index in [1.165, 1.54) is 42.6 Å². The Balaban J connectivity index is 1.39. The van der Waals surface area contributed by atoms with Gasteiger partial charge in [0, 0.05) is 18.3 Å². The van der Waals surface area contributed by atoms with Crippen LogP contribution in [0.1, 0.15) is 51.6 Å². The highest BCUT2D eigenvalue weighted by Gasteiger charge is 2.38. The number of carbonyl (C=O) groups excluding carboxylic acids is 3. The Kier molecular flexibility index (Phi) is 9.65. The number of nitrogens with zero attached hydrogens (tertiary/aromatic N) is 2. The molecular weight excluding hydrogens is 659 g/mol. The highest BCUT2D eigenvalue weighted by molar-refractivity contribution is 7.92. The van der Waals surface area contributed by atoms with E-state index in [1.807, 2.05) is 0 Å². The van der Waals surface area contributed by atoms with E-state index in [9.17, 15) is 31.6 Å². The fourth-order valence-corrected chi connectivity index (χ4v) is 5.96. The number of carbonyl (C=O) groups is 3. The number of fused-ring (bicyclic) bond motifs is 1. The standard InChI is InChI=1S/C29H27Cl2F2N3O8S/c1-45(40,41)35-17-5-6-18-19(9-17)28(39)36(27(18)38)13-26(37)43-24(10-20-21(30)11-34-12-22(20)31)16-4-7-23(44-29(32)33)25(8-16)42-14-15-2-3-15/h4-9,11,15,22,24,29,35H,2-3,10,12-14H2,1H3. The molecule has 2 unspecified atom stereocenters. The van der Waals surface area contributed by atoms with E-state index >= 15 is 0 Å². The zero-order valence-electron chi connectivity index (χ0n) is 23.7. The van der Waals surface area contributed by atoms with E-state index in [4.69, 9.17) is 32.7 Å². The second-order valence-corrected chi connectivity index (χ2v) is 13.4. The quantitative estimate of drug-likeness (QED) is 0.178. The summed E-state index contributed by atoms with van der Waals surface area (Å²) in [6.45, 7) is -3.37. The molecule has 0 bridgehead atoms. The fraction of sp³-hybridized carbons (Fsp3) is 0.379. The number of aliphatic imine (C=N–C) groups is 1. The molecule has 1 saturated carbocycles. The van der Waals surface area contributed by atoms with Crippen molar-refractivity contribution in [3.8, 4) is 11.5 Å². The van der Waals surface area contributed by atoms with Gasteiger partial charge in [-0.2, -0.15) is 8.78 Å². The lowest BCUT2D eigenvalue weighted by atomic mass is 9.97. The van der Waals surface area contributed by atoms with Crippen molar-refractivity contribution < 1.29 is 45.8 Å². The minimum absolute atomic E-state index is 0.0149. The number of ether oxygens (including phenoxy) is 3. The van der Waals surface area contributed by atoms with Gasteiger partial charge in [0.2, 0.25) is 10.0 Å². The molecule has 2 aliphatic heterocycles. The zero-order valence-corrected chi connectivity index (χ0v) is 26.0. The summed E-state index contributed by atoms with van der Waals surface area (Å²) in [6, 6.07) is 7.92. The van der Waals surface area contributed by atoms with Crippen molar-refractivity contribution in [2.75, 3.05) is 30.7 Å². The van der Waals surface area contributed by atoms with Crippen LogP contribution in [-0.2, 0) is 19.6 Å². The third kappa shape index (κ3) is 8.10. The van der Waals surface area contributed by atoms with Crippen molar-refractivity contribution in [3.05, 3.63) is 63.7 Å². The normalized spacial score (nSPS) is 18.7. The third-order valence-corrected chi connectivity index (χ3v) is 8.47. The number of hydrogen-bond donors (Lipinski definition) is 1. The Hall–Kier alpha value is -3.75. The number of halogens is 4. The first-order chi connectivity index (χ1) is 21.3. The number of amides is 2. The molecule has 2 aromatic rings. The molecule has 2 aromatic carbocycles. The molecule has 1 N–H and O–H groups in total. The summed E-state index contributed by atoms with van der Waals surface area (Å²) in [5.74, 6) is -2.44. The highest BCUT2D eigenvalue weighted by atomic mass is 35.5. The molecule has 11 nitrogen and oxygen atoms in total. The second kappa shape index (κ2) is 13.3. The minimum atomic E-state index is -3.65. The lowest BCUT2D eigenvalue weighted by Gasteiger charge is -2.25. The number of imide groups is 1. The van der Waals surface area contributed by atoms with Crippen LogP contribution in [0, 0.1) is 5.92 Å². The molecular formula is C29H27Cl2F2N3O8S. The topological polar surface area (TPSA) is 141 Å². The molecule has 240 valence electrons. The number of nitrogens with one attached hydrogen (secondary N) is 1. The van der Waals surface area contributed by atoms with Crippen LogP contribution in [0.2, 0.25) is 0 Å². The van der Waals surface area contributed by atoms with Crippen molar-refractivity contribution in [2.45, 2.75) is 37.4 Å². The minimum Gasteiger partial charge on any atom is -0.489 e. The summed E-state index contributed by atoms with van der Waals surface area (Å²) in [6.07, 6.45) is 3.13. The first kappa shape index (κ1) is 32.6. The number of dihydropyridines is 1. The van der Waals surface area contributed by atoms with Crippen molar-refractivity contribution in [1.29, 1.82) is 0 Å². The monoisotopic (exact) mass is 685 g/mol. The van der Waals surface area contributed by atoms with Crippen LogP contribution >= 0.6 is 23.2 Å². The van der Waals surface area contributed by atoms with Gasteiger partial charge in [-0.1, -0.05) is 17.7 Å². The van der Waals surface area contributed by atoms with E-state index in [-0.39, 0.29) is 52.9 Å². The predicted molar refractivity (Wildman–Crippen MR) is 161 cm³/mol. The van der Waals surface area contributed by atoms with Crippen LogP contribution in [0.25, 0.3) is 0 Å². The van der Waals surface area contributed by atoms with Gasteiger partial charge in [0.1, 0.15) is 12.6 Å². The Bertz CT molecular complexity index is 1700. The van der Waals surface area contributed by atoms with Crippen LogP contribution in [0.5, 0.6) is 11.5 Å². The molecule has 0 spiro atoms. The second-order valence-electron chi connectivity index (χ2n) is 10.7. The molecule has 16 heteroatoms. The van der Waals surface area contributed by atoms with Gasteiger partial charge in [-0.25, -0.2) is 8.42 Å². The number of allylic oxidation sites excluding steroid dienone is 1. The Labute approximate surface area is 267 Å². The molecule has 2 heterocycles. The van der Waals surface area contributed by atoms with Gasteiger partial charge in [0.25, 0.3) is 11.8 Å². The number of benzene rings is 2. The summed E-state index contributed by atoms with van der Waals surface area (Å²) >= 11 is 12.8. The van der Waals surface area contributed by atoms with E-state index < -0.39 is 52.4 Å². The summed E-state index contributed by atoms with van der Waals surface area (Å²) in [5, 5.41) is -0.384. The number of anilines is 1. The van der Waals surface area contributed by atoms with Crippen LogP contribution in [-0.4, -0.2) is 75.3 Å². The Morgan fingerprint density at radius 3 is 2.51 bits per heavy atom. The molecule has 2 amide bonds. The number of sulfonamides is 1. The van der Waals surface area contributed by atoms with Gasteiger partial charge in [0.05, 0.1) is 40.9 Å². The maximum absolute atomic E-state index is 13.3. The van der Waals surface area contributed by atoms with Gasteiger partial charge in [0.15, 0.2) is 11.5 Å². The lowest BCUT2D eigenvalue weighted by molar-refractivity contribution is -0.149. The van der Waals surface area contributed by atoms with Crippen molar-refractivity contribution >= 4 is 62.9 Å². The van der Waals surface area contributed by atoms with Gasteiger partial charge < -0.3 is 14.2 Å². The molecule has 1 aliphatic carbocycles. The summed E-state index contributed by atoms with van der Waals surface area (Å²) in [5.41, 5.74) is 0.800. The SMILES string of the molecule is CS(=O)(=O)Nc1ccc2c(c1)C(=O)N(CC(=O)OC(CC1=C(Cl)C=NCC1Cl)c1ccc(OC(F)F)c(OCC3CC3)c1)C2=O. The summed E-state index contributed by atoms with van der Waals surface area (Å²) < 4.78 is 67.8. The number of alkyl halides is 3. The van der Waals surface area contributed by atoms with Crippen LogP contribution in [0.4, 0.5) is 14.5 Å². The van der Waals surface area contributed by atoms with E-state index in [0.717, 1.165) is 19.1 Å². The fourth-order valence-electron chi connectivity index (χ4n) is 4.78. The van der Waals surface area contributed by atoms with Crippen LogP contribution in [0.3, 0.4) is 0 Å². The predicted octanol–water partition coefficient (Wildman–Crippen LogP) is 4.90. The van der Waals surface area contributed by atoms with Crippen LogP contribution < -0.4 is 14.2 Å². The molecule has 5 rings (SSSR count). The van der Waals surface area contributed by atoms with E-state index in [1.54, 1.807) is 0 Å². The van der Waals surface area contributed by atoms with Crippen LogP contribution in [0.15, 0.2) is 52.0 Å². The third-order valence-electron chi connectivity index (χ3n) is 7.12. The van der Waals surface area contributed by atoms with Gasteiger partial charge in [-0.05, 0) is 60.2 Å². The number of esters is 1.